The molecule has 0 aromatic carbocycles. The smallest absolute Gasteiger partial charge is 0.242 e. The highest BCUT2D eigenvalue weighted by molar-refractivity contribution is 5.89. The molecule has 0 aliphatic heterocycles. The molecule has 0 aliphatic carbocycles. The van der Waals surface area contributed by atoms with Gasteiger partial charge in [0.25, 0.3) is 0 Å². The van der Waals surface area contributed by atoms with E-state index in [4.69, 9.17) is 5.73 Å². The summed E-state index contributed by atoms with van der Waals surface area (Å²) in [4.78, 5) is 22.6. The number of hydrogen-bond donors (Lipinski definition) is 3. The largest absolute Gasteiger partial charge is 0.354 e. The Hall–Kier alpha value is -1.10. The molecule has 88 valence electrons. The summed E-state index contributed by atoms with van der Waals surface area (Å²) < 4.78 is 0. The lowest BCUT2D eigenvalue weighted by atomic mass is 10.2. The van der Waals surface area contributed by atoms with Crippen molar-refractivity contribution in [3.05, 3.63) is 0 Å². The zero-order chi connectivity index (χ0) is 12.0. The fraction of sp³-hybridized carbons (Fsp3) is 0.800. The van der Waals surface area contributed by atoms with Gasteiger partial charge in [0.05, 0.1) is 6.04 Å². The normalized spacial score (nSPS) is 14.5. The summed E-state index contributed by atoms with van der Waals surface area (Å²) in [5, 5.41) is 5.26. The Bertz CT molecular complexity index is 227. The van der Waals surface area contributed by atoms with Crippen LogP contribution in [0.3, 0.4) is 0 Å². The maximum atomic E-state index is 11.4. The topological polar surface area (TPSA) is 84.2 Å². The molecule has 0 heterocycles. The molecule has 2 atom stereocenters. The Morgan fingerprint density at radius 3 is 2.07 bits per heavy atom. The highest BCUT2D eigenvalue weighted by atomic mass is 16.2. The van der Waals surface area contributed by atoms with E-state index >= 15 is 0 Å². The van der Waals surface area contributed by atoms with Gasteiger partial charge in [-0.15, -0.1) is 0 Å². The van der Waals surface area contributed by atoms with E-state index in [1.54, 1.807) is 13.8 Å². The molecule has 0 aromatic heterocycles. The van der Waals surface area contributed by atoms with Crippen LogP contribution in [0, 0.1) is 5.92 Å². The maximum absolute atomic E-state index is 11.4. The molecule has 15 heavy (non-hydrogen) atoms. The first kappa shape index (κ1) is 13.9. The summed E-state index contributed by atoms with van der Waals surface area (Å²) in [7, 11) is 0. The van der Waals surface area contributed by atoms with Crippen LogP contribution in [0.1, 0.15) is 27.7 Å². The number of carbonyl (C=O) groups excluding carboxylic acids is 2. The Morgan fingerprint density at radius 2 is 1.67 bits per heavy atom. The minimum Gasteiger partial charge on any atom is -0.354 e. The number of carbonyl (C=O) groups is 2. The van der Waals surface area contributed by atoms with Crippen molar-refractivity contribution >= 4 is 11.8 Å². The molecule has 0 radical (unpaired) electrons. The standard InChI is InChI=1S/C10H21N3O2/c1-6(2)5-12-10(15)8(4)13-9(14)7(3)11/h6-8H,5,11H2,1-4H3,(H,12,15)(H,13,14)/t7-,8?/m0/s1. The summed E-state index contributed by atoms with van der Waals surface area (Å²) in [5.41, 5.74) is 5.36. The van der Waals surface area contributed by atoms with Crippen molar-refractivity contribution in [1.29, 1.82) is 0 Å². The van der Waals surface area contributed by atoms with Crippen LogP contribution in [-0.2, 0) is 9.59 Å². The van der Waals surface area contributed by atoms with Gasteiger partial charge in [-0.1, -0.05) is 13.8 Å². The Morgan fingerprint density at radius 1 is 1.13 bits per heavy atom. The van der Waals surface area contributed by atoms with Gasteiger partial charge in [0.15, 0.2) is 0 Å². The van der Waals surface area contributed by atoms with Gasteiger partial charge >= 0.3 is 0 Å². The fourth-order valence-electron chi connectivity index (χ4n) is 0.868. The molecule has 0 aliphatic rings. The van der Waals surface area contributed by atoms with E-state index in [-0.39, 0.29) is 11.8 Å². The highest BCUT2D eigenvalue weighted by Gasteiger charge is 2.17. The van der Waals surface area contributed by atoms with Crippen LogP contribution < -0.4 is 16.4 Å². The van der Waals surface area contributed by atoms with E-state index in [1.807, 2.05) is 13.8 Å². The predicted octanol–water partition coefficient (Wildman–Crippen LogP) is -0.389. The van der Waals surface area contributed by atoms with E-state index in [2.05, 4.69) is 10.6 Å². The van der Waals surface area contributed by atoms with Gasteiger partial charge in [-0.2, -0.15) is 0 Å². The van der Waals surface area contributed by atoms with Crippen molar-refractivity contribution in [3.63, 3.8) is 0 Å². The summed E-state index contributed by atoms with van der Waals surface area (Å²) in [6.45, 7) is 7.83. The summed E-state index contributed by atoms with van der Waals surface area (Å²) >= 11 is 0. The Balaban J connectivity index is 3.94. The van der Waals surface area contributed by atoms with E-state index in [0.717, 1.165) is 0 Å². The van der Waals surface area contributed by atoms with Crippen molar-refractivity contribution in [2.45, 2.75) is 39.8 Å². The fourth-order valence-corrected chi connectivity index (χ4v) is 0.868. The Kier molecular flexibility index (Phi) is 5.93. The van der Waals surface area contributed by atoms with Gasteiger partial charge in [0.2, 0.25) is 11.8 Å². The van der Waals surface area contributed by atoms with Crippen molar-refractivity contribution in [1.82, 2.24) is 10.6 Å². The van der Waals surface area contributed by atoms with Crippen molar-refractivity contribution in [2.75, 3.05) is 6.54 Å². The number of amides is 2. The number of nitrogens with one attached hydrogen (secondary N) is 2. The lowest BCUT2D eigenvalue weighted by Gasteiger charge is -2.16. The minimum atomic E-state index is -0.592. The molecular weight excluding hydrogens is 194 g/mol. The molecule has 0 bridgehead atoms. The molecule has 4 N–H and O–H groups in total. The minimum absolute atomic E-state index is 0.183. The molecule has 0 fully saturated rings. The van der Waals surface area contributed by atoms with E-state index in [0.29, 0.717) is 12.5 Å². The zero-order valence-corrected chi connectivity index (χ0v) is 9.83. The monoisotopic (exact) mass is 215 g/mol. The predicted molar refractivity (Wildman–Crippen MR) is 59.1 cm³/mol. The molecule has 5 heteroatoms. The molecule has 0 saturated carbocycles. The van der Waals surface area contributed by atoms with Gasteiger partial charge in [-0.25, -0.2) is 0 Å². The first-order chi connectivity index (χ1) is 6.84. The van der Waals surface area contributed by atoms with Gasteiger partial charge in [-0.3, -0.25) is 9.59 Å². The number of rotatable bonds is 5. The van der Waals surface area contributed by atoms with Crippen LogP contribution in [-0.4, -0.2) is 30.4 Å². The zero-order valence-electron chi connectivity index (χ0n) is 9.83. The highest BCUT2D eigenvalue weighted by Crippen LogP contribution is 1.89. The van der Waals surface area contributed by atoms with Crippen molar-refractivity contribution < 1.29 is 9.59 Å². The second-order valence-corrected chi connectivity index (χ2v) is 4.16. The van der Waals surface area contributed by atoms with Crippen LogP contribution in [0.15, 0.2) is 0 Å². The van der Waals surface area contributed by atoms with Crippen molar-refractivity contribution in [3.8, 4) is 0 Å². The van der Waals surface area contributed by atoms with E-state index in [9.17, 15) is 9.59 Å². The quantitative estimate of drug-likeness (QED) is 0.584. The Labute approximate surface area is 90.8 Å². The summed E-state index contributed by atoms with van der Waals surface area (Å²) in [6.07, 6.45) is 0. The van der Waals surface area contributed by atoms with Crippen LogP contribution in [0.2, 0.25) is 0 Å². The lowest BCUT2D eigenvalue weighted by molar-refractivity contribution is -0.129. The van der Waals surface area contributed by atoms with Crippen LogP contribution in [0.5, 0.6) is 0 Å². The molecule has 0 saturated heterocycles. The average molecular weight is 215 g/mol. The summed E-state index contributed by atoms with van der Waals surface area (Å²) in [6, 6.07) is -1.13. The lowest BCUT2D eigenvalue weighted by Crippen LogP contribution is -2.49. The number of hydrogen-bond acceptors (Lipinski definition) is 3. The first-order valence-corrected chi connectivity index (χ1v) is 5.18. The molecule has 5 nitrogen and oxygen atoms in total. The molecular formula is C10H21N3O2. The van der Waals surface area contributed by atoms with Crippen LogP contribution >= 0.6 is 0 Å². The average Bonchev–Trinajstić information content (AvgIpc) is 2.13. The molecule has 2 amide bonds. The van der Waals surface area contributed by atoms with Crippen LogP contribution in [0.25, 0.3) is 0 Å². The SMILES string of the molecule is CC(C)CNC(=O)C(C)NC(=O)[C@H](C)N. The third kappa shape index (κ3) is 6.06. The van der Waals surface area contributed by atoms with Gasteiger partial charge < -0.3 is 16.4 Å². The third-order valence-electron chi connectivity index (χ3n) is 1.85. The second kappa shape index (κ2) is 6.40. The van der Waals surface area contributed by atoms with Crippen molar-refractivity contribution in [2.24, 2.45) is 11.7 Å². The molecule has 0 aromatic rings. The third-order valence-corrected chi connectivity index (χ3v) is 1.85. The first-order valence-electron chi connectivity index (χ1n) is 5.18. The van der Waals surface area contributed by atoms with Gasteiger partial charge in [0.1, 0.15) is 6.04 Å². The van der Waals surface area contributed by atoms with Gasteiger partial charge in [-0.05, 0) is 19.8 Å². The maximum Gasteiger partial charge on any atom is 0.242 e. The number of nitrogens with two attached hydrogens (primary N) is 1. The van der Waals surface area contributed by atoms with E-state index < -0.39 is 12.1 Å². The molecule has 1 unspecified atom stereocenters. The second-order valence-electron chi connectivity index (χ2n) is 4.16. The molecule has 0 rings (SSSR count). The van der Waals surface area contributed by atoms with E-state index in [1.165, 1.54) is 0 Å². The van der Waals surface area contributed by atoms with Gasteiger partial charge in [0, 0.05) is 6.54 Å². The summed E-state index contributed by atoms with van der Waals surface area (Å²) in [5.74, 6) is -0.106. The van der Waals surface area contributed by atoms with Crippen LogP contribution in [0.4, 0.5) is 0 Å². The molecule has 0 spiro atoms.